The predicted octanol–water partition coefficient (Wildman–Crippen LogP) is -1.88. The fourth-order valence-corrected chi connectivity index (χ4v) is 0.914. The summed E-state index contributed by atoms with van der Waals surface area (Å²) in [5.74, 6) is 0. The molecule has 0 atom stereocenters. The third-order valence-corrected chi connectivity index (χ3v) is 1.93. The monoisotopic (exact) mass is 293 g/mol. The Labute approximate surface area is 140 Å². The van der Waals surface area contributed by atoms with Crippen molar-refractivity contribution in [2.24, 2.45) is 0 Å². The van der Waals surface area contributed by atoms with Gasteiger partial charge in [0.15, 0.2) is 6.61 Å². The predicted molar refractivity (Wildman–Crippen MR) is 52.0 cm³/mol. The standard InChI is InChI=1S/C4H6N4O9.K/c9-2-4(7(14)15,8(16)17)1-3(5(10)11)6(12)13;/h3,9H,1-2H2;. The van der Waals surface area contributed by atoms with Gasteiger partial charge in [-0.05, 0) is 0 Å². The van der Waals surface area contributed by atoms with E-state index in [2.05, 4.69) is 0 Å². The number of aliphatic hydroxyl groups excluding tert-OH is 1. The van der Waals surface area contributed by atoms with E-state index in [0.29, 0.717) is 0 Å². The van der Waals surface area contributed by atoms with Gasteiger partial charge >= 0.3 is 11.8 Å². The van der Waals surface area contributed by atoms with Crippen LogP contribution in [-0.2, 0) is 0 Å². The molecule has 1 N–H and O–H groups in total. The van der Waals surface area contributed by atoms with Crippen LogP contribution in [0.3, 0.4) is 0 Å². The number of nitro groups is 4. The first-order chi connectivity index (χ1) is 7.69. The summed E-state index contributed by atoms with van der Waals surface area (Å²) in [6.07, 6.45) is -4.39. The maximum atomic E-state index is 10.4. The van der Waals surface area contributed by atoms with Crippen LogP contribution in [0.5, 0.6) is 0 Å². The van der Waals surface area contributed by atoms with E-state index in [4.69, 9.17) is 5.11 Å². The van der Waals surface area contributed by atoms with Crippen molar-refractivity contribution in [2.75, 3.05) is 6.61 Å². The van der Waals surface area contributed by atoms with E-state index in [1.54, 1.807) is 0 Å². The van der Waals surface area contributed by atoms with Crippen molar-refractivity contribution in [1.29, 1.82) is 0 Å². The summed E-state index contributed by atoms with van der Waals surface area (Å²) in [5.41, 5.74) is -3.36. The quantitative estimate of drug-likeness (QED) is 0.242. The van der Waals surface area contributed by atoms with E-state index in [0.717, 1.165) is 0 Å². The van der Waals surface area contributed by atoms with Crippen molar-refractivity contribution in [3.63, 3.8) is 0 Å². The molecule has 0 spiro atoms. The SMILES string of the molecule is O=[N+]([O-])C(CC(CO)([N+](=O)[O-])[N+](=O)[O-])[N+](=O)[O-].[K]. The van der Waals surface area contributed by atoms with Gasteiger partial charge in [0.2, 0.25) is 6.42 Å². The maximum Gasteiger partial charge on any atom is 0.494 e. The smallest absolute Gasteiger partial charge is 0.382 e. The Balaban J connectivity index is 0. The van der Waals surface area contributed by atoms with Crippen LogP contribution < -0.4 is 0 Å². The molecule has 0 aromatic rings. The van der Waals surface area contributed by atoms with Crippen molar-refractivity contribution in [1.82, 2.24) is 0 Å². The second-order valence-corrected chi connectivity index (χ2v) is 2.91. The molecular weight excluding hydrogens is 287 g/mol. The summed E-state index contributed by atoms with van der Waals surface area (Å²) in [6, 6.07) is 0. The molecule has 0 aliphatic heterocycles. The van der Waals surface area contributed by atoms with Crippen molar-refractivity contribution in [3.05, 3.63) is 40.5 Å². The topological polar surface area (TPSA) is 193 Å². The summed E-state index contributed by atoms with van der Waals surface area (Å²) in [6.45, 7) is -1.69. The van der Waals surface area contributed by atoms with Crippen LogP contribution in [0.15, 0.2) is 0 Å². The maximum absolute atomic E-state index is 10.4. The molecule has 0 amide bonds. The van der Waals surface area contributed by atoms with E-state index in [9.17, 15) is 40.5 Å². The second-order valence-electron chi connectivity index (χ2n) is 2.91. The van der Waals surface area contributed by atoms with Crippen molar-refractivity contribution >= 4 is 51.4 Å². The molecule has 0 rings (SSSR count). The minimum absolute atomic E-state index is 0. The first kappa shape index (κ1) is 19.5. The Kier molecular flexibility index (Phi) is 8.24. The Morgan fingerprint density at radius 3 is 1.44 bits per heavy atom. The van der Waals surface area contributed by atoms with Gasteiger partial charge in [0, 0.05) is 51.4 Å². The molecule has 18 heavy (non-hydrogen) atoms. The van der Waals surface area contributed by atoms with E-state index in [-0.39, 0.29) is 51.4 Å². The van der Waals surface area contributed by atoms with Crippen LogP contribution >= 0.6 is 0 Å². The molecular formula is C4H6KN4O9. The minimum Gasteiger partial charge on any atom is -0.382 e. The molecule has 0 aromatic heterocycles. The van der Waals surface area contributed by atoms with Gasteiger partial charge in [-0.3, -0.25) is 40.5 Å². The van der Waals surface area contributed by atoms with Crippen molar-refractivity contribution < 1.29 is 24.8 Å². The van der Waals surface area contributed by atoms with Crippen molar-refractivity contribution in [2.45, 2.75) is 18.2 Å². The van der Waals surface area contributed by atoms with E-state index >= 15 is 0 Å². The largest absolute Gasteiger partial charge is 0.494 e. The van der Waals surface area contributed by atoms with E-state index in [1.165, 1.54) is 0 Å². The number of hydrogen-bond donors (Lipinski definition) is 1. The third kappa shape index (κ3) is 4.14. The molecule has 1 radical (unpaired) electrons. The molecule has 0 aromatic carbocycles. The average molecular weight is 293 g/mol. The average Bonchev–Trinajstić information content (AvgIpc) is 2.17. The molecule has 0 aliphatic carbocycles. The molecule has 0 fully saturated rings. The zero-order valence-electron chi connectivity index (χ0n) is 8.99. The van der Waals surface area contributed by atoms with E-state index < -0.39 is 44.5 Å². The summed E-state index contributed by atoms with van der Waals surface area (Å²) in [5, 5.41) is 49.9. The van der Waals surface area contributed by atoms with Crippen LogP contribution in [0.4, 0.5) is 0 Å². The van der Waals surface area contributed by atoms with Gasteiger partial charge in [-0.2, -0.15) is 0 Å². The van der Waals surface area contributed by atoms with Crippen LogP contribution in [0.2, 0.25) is 0 Å². The van der Waals surface area contributed by atoms with Crippen LogP contribution in [0, 0.1) is 40.5 Å². The van der Waals surface area contributed by atoms with Gasteiger partial charge < -0.3 is 5.11 Å². The molecule has 0 unspecified atom stereocenters. The summed E-state index contributed by atoms with van der Waals surface area (Å²) in [4.78, 5) is 35.1. The summed E-state index contributed by atoms with van der Waals surface area (Å²) < 4.78 is 0. The molecule has 0 saturated carbocycles. The number of hydrogen-bond acceptors (Lipinski definition) is 9. The van der Waals surface area contributed by atoms with Gasteiger partial charge in [0.25, 0.3) is 0 Å². The first-order valence-corrected chi connectivity index (χ1v) is 3.86. The summed E-state index contributed by atoms with van der Waals surface area (Å²) >= 11 is 0. The fraction of sp³-hybridized carbons (Fsp3) is 1.00. The first-order valence-electron chi connectivity index (χ1n) is 3.86. The molecule has 0 saturated heterocycles. The zero-order chi connectivity index (χ0) is 13.8. The fourth-order valence-electron chi connectivity index (χ4n) is 0.914. The number of aliphatic hydroxyl groups is 1. The molecule has 0 bridgehead atoms. The normalized spacial score (nSPS) is 10.6. The zero-order valence-corrected chi connectivity index (χ0v) is 12.1. The van der Waals surface area contributed by atoms with Crippen molar-refractivity contribution in [3.8, 4) is 0 Å². The Bertz CT molecular complexity index is 344. The molecule has 0 heterocycles. The third-order valence-electron chi connectivity index (χ3n) is 1.93. The molecule has 97 valence electrons. The van der Waals surface area contributed by atoms with Gasteiger partial charge in [-0.15, -0.1) is 0 Å². The molecule has 13 nitrogen and oxygen atoms in total. The minimum atomic E-state index is -3.36. The van der Waals surface area contributed by atoms with E-state index in [1.807, 2.05) is 0 Å². The number of nitrogens with zero attached hydrogens (tertiary/aromatic N) is 4. The van der Waals surface area contributed by atoms with Crippen LogP contribution in [0.25, 0.3) is 0 Å². The Morgan fingerprint density at radius 1 is 0.944 bits per heavy atom. The Hall–Kier alpha value is -0.804. The second kappa shape index (κ2) is 7.59. The molecule has 0 aliphatic rings. The molecule has 14 heteroatoms. The van der Waals surface area contributed by atoms with Gasteiger partial charge in [-0.1, -0.05) is 0 Å². The van der Waals surface area contributed by atoms with Gasteiger partial charge in [0.1, 0.15) is 9.85 Å². The number of rotatable bonds is 7. The van der Waals surface area contributed by atoms with Gasteiger partial charge in [-0.25, -0.2) is 0 Å². The Morgan fingerprint density at radius 2 is 1.28 bits per heavy atom. The summed E-state index contributed by atoms with van der Waals surface area (Å²) in [7, 11) is 0. The van der Waals surface area contributed by atoms with Crippen LogP contribution in [0.1, 0.15) is 6.42 Å². The van der Waals surface area contributed by atoms with Crippen LogP contribution in [-0.4, -0.2) is 94.6 Å². The van der Waals surface area contributed by atoms with Gasteiger partial charge in [0.05, 0.1) is 9.85 Å².